The normalized spacial score (nSPS) is 10.8. The summed E-state index contributed by atoms with van der Waals surface area (Å²) in [5, 5.41) is 3.48. The maximum Gasteiger partial charge on any atom is 0.410 e. The van der Waals surface area contributed by atoms with Crippen LogP contribution in [0.1, 0.15) is 155 Å². The van der Waals surface area contributed by atoms with Crippen LogP contribution in [0.4, 0.5) is 4.79 Å². The molecule has 0 fully saturated rings. The molecule has 0 unspecified atom stereocenters. The Balaban J connectivity index is 0.000000607. The van der Waals surface area contributed by atoms with Crippen LogP contribution in [0.2, 0.25) is 0 Å². The van der Waals surface area contributed by atoms with Gasteiger partial charge >= 0.3 is 30.0 Å². The second kappa shape index (κ2) is 32.4. The van der Waals surface area contributed by atoms with Crippen molar-refractivity contribution in [1.29, 1.82) is 0 Å². The molecule has 0 bridgehead atoms. The van der Waals surface area contributed by atoms with Gasteiger partial charge in [0.2, 0.25) is 0 Å². The topological polar surface area (TPSA) is 147 Å². The first-order chi connectivity index (χ1) is 28.3. The summed E-state index contributed by atoms with van der Waals surface area (Å²) >= 11 is 0. The fourth-order valence-corrected chi connectivity index (χ4v) is 6.26. The summed E-state index contributed by atoms with van der Waals surface area (Å²) in [6.45, 7) is 8.99. The molecule has 0 aromatic heterocycles. The maximum absolute atomic E-state index is 12.7. The summed E-state index contributed by atoms with van der Waals surface area (Å²) in [5.74, 6) is -0.885. The molecule has 332 valence electrons. The highest BCUT2D eigenvalue weighted by molar-refractivity contribution is 5.89. The number of hydrogen-bond acceptors (Lipinski definition) is 11. The van der Waals surface area contributed by atoms with Gasteiger partial charge in [-0.2, -0.15) is 0 Å². The number of methoxy groups -OCH3 is 4. The summed E-state index contributed by atoms with van der Waals surface area (Å²) in [6, 6.07) is 15.1. The van der Waals surface area contributed by atoms with Crippen molar-refractivity contribution < 1.29 is 47.7 Å². The zero-order valence-corrected chi connectivity index (χ0v) is 37.2. The fraction of sp³-hybridized carbons (Fsp3) is 0.638. The van der Waals surface area contributed by atoms with E-state index >= 15 is 0 Å². The second-order valence-electron chi connectivity index (χ2n) is 15.7. The van der Waals surface area contributed by atoms with Gasteiger partial charge in [0, 0.05) is 25.9 Å². The summed E-state index contributed by atoms with van der Waals surface area (Å²) in [7, 11) is 5.63. The first-order valence-electron chi connectivity index (χ1n) is 21.5. The number of carbonyl (C=O) groups is 5. The minimum Gasteiger partial charge on any atom is -0.469 e. The number of ether oxygens (including phenoxy) is 5. The van der Waals surface area contributed by atoms with Gasteiger partial charge in [-0.25, -0.2) is 14.4 Å². The van der Waals surface area contributed by atoms with Crippen LogP contribution < -0.4 is 5.32 Å². The minimum atomic E-state index is -0.530. The number of hydrogen-bond donors (Lipinski definition) is 1. The SMILES string of the molecule is COC(=O)CCCCCCCN(CCCCc1cccc(C(=O)OC)c1)C(=O)OC(C)(C)C.COC(=O)CCCCCCCNCCCCc1cccc(C(=O)OC)c1. The minimum absolute atomic E-state index is 0.108. The van der Waals surface area contributed by atoms with Crippen molar-refractivity contribution in [2.45, 2.75) is 142 Å². The van der Waals surface area contributed by atoms with Crippen LogP contribution in [0, 0.1) is 0 Å². The molecule has 0 aliphatic rings. The average Bonchev–Trinajstić information content (AvgIpc) is 3.23. The average molecular weight is 827 g/mol. The van der Waals surface area contributed by atoms with E-state index in [0.717, 1.165) is 102 Å². The smallest absolute Gasteiger partial charge is 0.410 e. The lowest BCUT2D eigenvalue weighted by Gasteiger charge is -2.27. The number of rotatable bonds is 28. The largest absolute Gasteiger partial charge is 0.469 e. The number of nitrogens with one attached hydrogen (secondary N) is 1. The molecule has 0 spiro atoms. The van der Waals surface area contributed by atoms with E-state index in [0.29, 0.717) is 37.1 Å². The number of nitrogens with zero attached hydrogens (tertiary/aromatic N) is 1. The van der Waals surface area contributed by atoms with Gasteiger partial charge < -0.3 is 33.9 Å². The molecule has 0 aliphatic carbocycles. The molecule has 12 heteroatoms. The zero-order valence-electron chi connectivity index (χ0n) is 37.2. The predicted molar refractivity (Wildman–Crippen MR) is 232 cm³/mol. The second-order valence-corrected chi connectivity index (χ2v) is 15.7. The summed E-state index contributed by atoms with van der Waals surface area (Å²) in [6.07, 6.45) is 16.8. The number of unbranched alkanes of at least 4 members (excludes halogenated alkanes) is 10. The third-order valence-electron chi connectivity index (χ3n) is 9.56. The molecule has 2 aromatic rings. The van der Waals surface area contributed by atoms with E-state index in [9.17, 15) is 24.0 Å². The Kier molecular flexibility index (Phi) is 28.9. The molecule has 12 nitrogen and oxygen atoms in total. The van der Waals surface area contributed by atoms with E-state index in [1.165, 1.54) is 53.3 Å². The Labute approximate surface area is 354 Å². The van der Waals surface area contributed by atoms with Crippen molar-refractivity contribution in [1.82, 2.24) is 10.2 Å². The van der Waals surface area contributed by atoms with Crippen molar-refractivity contribution in [2.75, 3.05) is 54.6 Å². The van der Waals surface area contributed by atoms with E-state index in [4.69, 9.17) is 14.2 Å². The van der Waals surface area contributed by atoms with Gasteiger partial charge in [0.15, 0.2) is 0 Å². The Bertz CT molecular complexity index is 1490. The lowest BCUT2D eigenvalue weighted by atomic mass is 10.0. The molecule has 2 rings (SSSR count). The van der Waals surface area contributed by atoms with Crippen LogP contribution in [-0.4, -0.2) is 95.1 Å². The quantitative estimate of drug-likeness (QED) is 0.0497. The van der Waals surface area contributed by atoms with Gasteiger partial charge in [-0.15, -0.1) is 0 Å². The molecular formula is C47H74N2O10. The Morgan fingerprint density at radius 3 is 1.39 bits per heavy atom. The van der Waals surface area contributed by atoms with E-state index < -0.39 is 5.60 Å². The molecule has 2 aromatic carbocycles. The number of amides is 1. The van der Waals surface area contributed by atoms with Gasteiger partial charge in [0.05, 0.1) is 39.6 Å². The highest BCUT2D eigenvalue weighted by Gasteiger charge is 2.21. The summed E-state index contributed by atoms with van der Waals surface area (Å²) < 4.78 is 24.4. The van der Waals surface area contributed by atoms with E-state index in [-0.39, 0.29) is 30.0 Å². The van der Waals surface area contributed by atoms with Crippen molar-refractivity contribution in [3.8, 4) is 0 Å². The standard InChI is InChI=1S/C26H41NO6.C21H33NO4/c1-26(2,3)33-25(30)27(18-11-8-6-7-9-17-23(28)31-4)19-12-10-14-21-15-13-16-22(20-21)24(29)32-5;1-25-20(23)14-6-4-3-5-8-15-22-16-9-7-11-18-12-10-13-19(17-18)21(24)26-2/h13,15-16,20H,6-12,14,17-19H2,1-5H3;10,12-13,17,22H,3-9,11,14-16H2,1-2H3. The number of aryl methyl sites for hydroxylation is 2. The van der Waals surface area contributed by atoms with Crippen LogP contribution in [0.25, 0.3) is 0 Å². The van der Waals surface area contributed by atoms with Gasteiger partial charge in [-0.1, -0.05) is 62.8 Å². The highest BCUT2D eigenvalue weighted by Crippen LogP contribution is 2.15. The van der Waals surface area contributed by atoms with Crippen molar-refractivity contribution in [3.63, 3.8) is 0 Å². The van der Waals surface area contributed by atoms with Crippen LogP contribution in [0.5, 0.6) is 0 Å². The molecule has 1 amide bonds. The van der Waals surface area contributed by atoms with Crippen molar-refractivity contribution in [3.05, 3.63) is 70.8 Å². The number of benzene rings is 2. The highest BCUT2D eigenvalue weighted by atomic mass is 16.6. The lowest BCUT2D eigenvalue weighted by Crippen LogP contribution is -2.38. The number of carbonyl (C=O) groups excluding carboxylic acids is 5. The molecule has 59 heavy (non-hydrogen) atoms. The third-order valence-corrected chi connectivity index (χ3v) is 9.56. The van der Waals surface area contributed by atoms with Gasteiger partial charge in [0.1, 0.15) is 5.60 Å². The Morgan fingerprint density at radius 1 is 0.525 bits per heavy atom. The molecule has 0 atom stereocenters. The van der Waals surface area contributed by atoms with Crippen LogP contribution in [0.15, 0.2) is 48.5 Å². The zero-order chi connectivity index (χ0) is 43.7. The lowest BCUT2D eigenvalue weighted by molar-refractivity contribution is -0.141. The van der Waals surface area contributed by atoms with Gasteiger partial charge in [-0.05, 0) is 133 Å². The van der Waals surface area contributed by atoms with Crippen LogP contribution >= 0.6 is 0 Å². The molecule has 0 heterocycles. The first-order valence-corrected chi connectivity index (χ1v) is 21.5. The summed E-state index contributed by atoms with van der Waals surface area (Å²) in [5.41, 5.74) is 2.90. The number of esters is 4. The van der Waals surface area contributed by atoms with Gasteiger partial charge in [-0.3, -0.25) is 9.59 Å². The Morgan fingerprint density at radius 2 is 0.932 bits per heavy atom. The third kappa shape index (κ3) is 27.0. The Hall–Kier alpha value is -4.45. The fourth-order valence-electron chi connectivity index (χ4n) is 6.26. The van der Waals surface area contributed by atoms with E-state index in [1.807, 2.05) is 51.1 Å². The van der Waals surface area contributed by atoms with Crippen LogP contribution in [0.3, 0.4) is 0 Å². The molecule has 0 saturated heterocycles. The molecule has 0 aliphatic heterocycles. The predicted octanol–water partition coefficient (Wildman–Crippen LogP) is 9.45. The van der Waals surface area contributed by atoms with Crippen molar-refractivity contribution in [2.24, 2.45) is 0 Å². The van der Waals surface area contributed by atoms with Crippen LogP contribution in [-0.2, 0) is 46.1 Å². The molecular weight excluding hydrogens is 753 g/mol. The van der Waals surface area contributed by atoms with Gasteiger partial charge in [0.25, 0.3) is 0 Å². The van der Waals surface area contributed by atoms with E-state index in [1.54, 1.807) is 17.0 Å². The van der Waals surface area contributed by atoms with E-state index in [2.05, 4.69) is 20.9 Å². The molecule has 1 N–H and O–H groups in total. The monoisotopic (exact) mass is 827 g/mol. The van der Waals surface area contributed by atoms with Crippen molar-refractivity contribution >= 4 is 30.0 Å². The molecule has 0 saturated carbocycles. The summed E-state index contributed by atoms with van der Waals surface area (Å²) in [4.78, 5) is 59.8. The first kappa shape index (κ1) is 52.6. The maximum atomic E-state index is 12.7. The molecule has 0 radical (unpaired) electrons.